The fourth-order valence-electron chi connectivity index (χ4n) is 2.57. The molecule has 8 heteroatoms. The summed E-state index contributed by atoms with van der Waals surface area (Å²) in [6.07, 6.45) is 2.00. The Morgan fingerprint density at radius 3 is 2.85 bits per heavy atom. The second-order valence-corrected chi connectivity index (χ2v) is 6.25. The molecule has 0 bridgehead atoms. The number of carbonyl (C=O) groups is 2. The number of anilines is 1. The molecule has 0 unspecified atom stereocenters. The van der Waals surface area contributed by atoms with Crippen LogP contribution in [0.3, 0.4) is 0 Å². The minimum Gasteiger partial charge on any atom is -0.489 e. The average molecular weight is 376 g/mol. The zero-order valence-electron chi connectivity index (χ0n) is 13.9. The normalized spacial score (nSPS) is 16.3. The van der Waals surface area contributed by atoms with Crippen molar-refractivity contribution in [3.63, 3.8) is 0 Å². The number of nitrogens with zero attached hydrogens (tertiary/aromatic N) is 1. The molecule has 1 atom stereocenters. The minimum atomic E-state index is -0.706. The fraction of sp³-hybridized carbons (Fsp3) is 0.278. The molecule has 0 aliphatic carbocycles. The highest BCUT2D eigenvalue weighted by Crippen LogP contribution is 2.29. The Hall–Kier alpha value is -2.64. The van der Waals surface area contributed by atoms with Gasteiger partial charge in [-0.3, -0.25) is 9.59 Å². The highest BCUT2D eigenvalue weighted by Gasteiger charge is 2.18. The van der Waals surface area contributed by atoms with Crippen molar-refractivity contribution in [2.45, 2.75) is 18.9 Å². The van der Waals surface area contributed by atoms with Gasteiger partial charge in [0.25, 0.3) is 11.8 Å². The zero-order chi connectivity index (χ0) is 18.5. The van der Waals surface area contributed by atoms with E-state index in [9.17, 15) is 9.59 Å². The Bertz CT molecular complexity index is 822. The van der Waals surface area contributed by atoms with Gasteiger partial charge in [-0.2, -0.15) is 0 Å². The van der Waals surface area contributed by atoms with Crippen molar-refractivity contribution in [3.8, 4) is 5.75 Å². The van der Waals surface area contributed by atoms with Crippen molar-refractivity contribution in [2.75, 3.05) is 18.5 Å². The molecule has 7 nitrogen and oxygen atoms in total. The van der Waals surface area contributed by atoms with Gasteiger partial charge in [0.2, 0.25) is 0 Å². The molecule has 2 heterocycles. The van der Waals surface area contributed by atoms with Gasteiger partial charge in [-0.25, -0.2) is 4.98 Å². The van der Waals surface area contributed by atoms with Crippen LogP contribution < -0.4 is 15.8 Å². The van der Waals surface area contributed by atoms with Crippen LogP contribution in [0.5, 0.6) is 5.75 Å². The monoisotopic (exact) mass is 375 g/mol. The molecular weight excluding hydrogens is 358 g/mol. The second-order valence-electron chi connectivity index (χ2n) is 5.81. The summed E-state index contributed by atoms with van der Waals surface area (Å²) in [5.74, 6) is -0.732. The molecular formula is C18H18ClN3O4. The van der Waals surface area contributed by atoms with E-state index in [0.717, 1.165) is 19.4 Å². The van der Waals surface area contributed by atoms with Crippen molar-refractivity contribution in [1.29, 1.82) is 0 Å². The lowest BCUT2D eigenvalue weighted by molar-refractivity contribution is 0.0682. The van der Waals surface area contributed by atoms with E-state index in [1.807, 2.05) is 0 Å². The summed E-state index contributed by atoms with van der Waals surface area (Å²) < 4.78 is 11.3. The number of amides is 2. The van der Waals surface area contributed by atoms with Gasteiger partial charge in [-0.05, 0) is 43.2 Å². The molecule has 1 aromatic carbocycles. The first kappa shape index (κ1) is 18.2. The number of carbonyl (C=O) groups excluding carboxylic acids is 2. The predicted octanol–water partition coefficient (Wildman–Crippen LogP) is 2.64. The third kappa shape index (κ3) is 4.50. The van der Waals surface area contributed by atoms with Gasteiger partial charge in [-0.15, -0.1) is 0 Å². The van der Waals surface area contributed by atoms with Crippen LogP contribution in [-0.4, -0.2) is 36.1 Å². The molecule has 26 heavy (non-hydrogen) atoms. The van der Waals surface area contributed by atoms with Crippen LogP contribution in [0.15, 0.2) is 36.4 Å². The summed E-state index contributed by atoms with van der Waals surface area (Å²) >= 11 is 6.03. The maximum atomic E-state index is 12.5. The third-order valence-electron chi connectivity index (χ3n) is 3.87. The Balaban J connectivity index is 1.75. The zero-order valence-corrected chi connectivity index (χ0v) is 14.7. The van der Waals surface area contributed by atoms with Crippen LogP contribution in [-0.2, 0) is 4.74 Å². The highest BCUT2D eigenvalue weighted by molar-refractivity contribution is 6.31. The number of ether oxygens (including phenoxy) is 2. The quantitative estimate of drug-likeness (QED) is 0.807. The molecule has 0 radical (unpaired) electrons. The second kappa shape index (κ2) is 8.16. The lowest BCUT2D eigenvalue weighted by atomic mass is 10.2. The van der Waals surface area contributed by atoms with E-state index in [1.54, 1.807) is 18.2 Å². The van der Waals surface area contributed by atoms with Crippen molar-refractivity contribution >= 4 is 29.1 Å². The van der Waals surface area contributed by atoms with Gasteiger partial charge in [0.05, 0.1) is 11.8 Å². The highest BCUT2D eigenvalue weighted by atomic mass is 35.5. The standard InChI is InChI=1S/C18H18ClN3O4/c19-11-6-7-16(26-10-12-3-2-8-25-12)15(9-11)22-18(24)14-5-1-4-13(21-14)17(20)23/h1,4-7,9,12H,2-3,8,10H2,(H2,20,23)(H,22,24)/t12-/m0/s1. The topological polar surface area (TPSA) is 104 Å². The van der Waals surface area contributed by atoms with Gasteiger partial charge in [0.15, 0.2) is 0 Å². The van der Waals surface area contributed by atoms with Gasteiger partial charge >= 0.3 is 0 Å². The third-order valence-corrected chi connectivity index (χ3v) is 4.11. The first-order valence-electron chi connectivity index (χ1n) is 8.15. The largest absolute Gasteiger partial charge is 0.489 e. The molecule has 1 aromatic heterocycles. The molecule has 3 rings (SSSR count). The number of primary amides is 1. The van der Waals surface area contributed by atoms with E-state index >= 15 is 0 Å². The number of aromatic nitrogens is 1. The first-order valence-corrected chi connectivity index (χ1v) is 8.53. The lowest BCUT2D eigenvalue weighted by Gasteiger charge is -2.15. The van der Waals surface area contributed by atoms with E-state index in [-0.39, 0.29) is 17.5 Å². The summed E-state index contributed by atoms with van der Waals surface area (Å²) in [6, 6.07) is 9.40. The number of rotatable bonds is 6. The van der Waals surface area contributed by atoms with Gasteiger partial charge in [0, 0.05) is 11.6 Å². The molecule has 0 spiro atoms. The summed E-state index contributed by atoms with van der Waals surface area (Å²) in [5.41, 5.74) is 5.68. The van der Waals surface area contributed by atoms with Crippen molar-refractivity contribution < 1.29 is 19.1 Å². The Morgan fingerprint density at radius 1 is 1.31 bits per heavy atom. The summed E-state index contributed by atoms with van der Waals surface area (Å²) in [4.78, 5) is 27.6. The number of hydrogen-bond donors (Lipinski definition) is 2. The summed E-state index contributed by atoms with van der Waals surface area (Å²) in [7, 11) is 0. The summed E-state index contributed by atoms with van der Waals surface area (Å²) in [5, 5.41) is 3.15. The number of pyridine rings is 1. The average Bonchev–Trinajstić information content (AvgIpc) is 3.14. The maximum absolute atomic E-state index is 12.5. The fourth-order valence-corrected chi connectivity index (χ4v) is 2.74. The van der Waals surface area contributed by atoms with E-state index in [4.69, 9.17) is 26.8 Å². The molecule has 1 aliphatic rings. The number of benzene rings is 1. The van der Waals surface area contributed by atoms with Crippen LogP contribution in [0.1, 0.15) is 33.8 Å². The Kier molecular flexibility index (Phi) is 5.70. The molecule has 2 amide bonds. The van der Waals surface area contributed by atoms with Crippen LogP contribution in [0.25, 0.3) is 0 Å². The molecule has 2 aromatic rings. The molecule has 1 saturated heterocycles. The minimum absolute atomic E-state index is 0.0126. The predicted molar refractivity (Wildman–Crippen MR) is 96.6 cm³/mol. The van der Waals surface area contributed by atoms with Crippen LogP contribution in [0.4, 0.5) is 5.69 Å². The molecule has 1 aliphatic heterocycles. The number of nitrogens with one attached hydrogen (secondary N) is 1. The summed E-state index contributed by atoms with van der Waals surface area (Å²) in [6.45, 7) is 1.13. The Labute approximate surface area is 155 Å². The molecule has 0 saturated carbocycles. The SMILES string of the molecule is NC(=O)c1cccc(C(=O)Nc2cc(Cl)ccc2OC[C@@H]2CCCO2)n1. The van der Waals surface area contributed by atoms with E-state index in [1.165, 1.54) is 18.2 Å². The van der Waals surface area contributed by atoms with Crippen molar-refractivity contribution in [2.24, 2.45) is 5.73 Å². The number of nitrogens with two attached hydrogens (primary N) is 1. The van der Waals surface area contributed by atoms with E-state index in [2.05, 4.69) is 10.3 Å². The van der Waals surface area contributed by atoms with Gasteiger partial charge in [0.1, 0.15) is 23.7 Å². The maximum Gasteiger partial charge on any atom is 0.274 e. The van der Waals surface area contributed by atoms with Crippen molar-refractivity contribution in [1.82, 2.24) is 4.98 Å². The lowest BCUT2D eigenvalue weighted by Crippen LogP contribution is -2.20. The number of halogens is 1. The van der Waals surface area contributed by atoms with Gasteiger partial charge < -0.3 is 20.5 Å². The van der Waals surface area contributed by atoms with Crippen molar-refractivity contribution in [3.05, 3.63) is 52.8 Å². The van der Waals surface area contributed by atoms with E-state index < -0.39 is 11.8 Å². The van der Waals surface area contributed by atoms with Crippen LogP contribution >= 0.6 is 11.6 Å². The van der Waals surface area contributed by atoms with E-state index in [0.29, 0.717) is 23.1 Å². The first-order chi connectivity index (χ1) is 12.5. The van der Waals surface area contributed by atoms with Crippen LogP contribution in [0.2, 0.25) is 5.02 Å². The Morgan fingerprint density at radius 2 is 2.12 bits per heavy atom. The van der Waals surface area contributed by atoms with Gasteiger partial charge in [-0.1, -0.05) is 17.7 Å². The molecule has 3 N–H and O–H groups in total. The smallest absolute Gasteiger partial charge is 0.274 e. The van der Waals surface area contributed by atoms with Crippen LogP contribution in [0, 0.1) is 0 Å². The molecule has 1 fully saturated rings. The number of hydrogen-bond acceptors (Lipinski definition) is 5. The molecule has 136 valence electrons.